The molecule has 0 N–H and O–H groups in total. The maximum atomic E-state index is 7.74. The first-order valence-corrected chi connectivity index (χ1v) is 3.10. The molecule has 3 nitrogen and oxygen atoms in total. The lowest BCUT2D eigenvalue weighted by atomic mass is 10.5. The van der Waals surface area contributed by atoms with E-state index in [2.05, 4.69) is 26.0 Å². The van der Waals surface area contributed by atoms with Crippen LogP contribution in [-0.4, -0.2) is 11.9 Å². The number of halogens is 1. The first kappa shape index (κ1) is 6.79. The van der Waals surface area contributed by atoms with Gasteiger partial charge in [-0.05, 0) is 12.0 Å². The van der Waals surface area contributed by atoms with Crippen LogP contribution in [0.15, 0.2) is 5.11 Å². The summed E-state index contributed by atoms with van der Waals surface area (Å²) >= 11 is 3.20. The molecule has 0 bridgehead atoms. The van der Waals surface area contributed by atoms with Gasteiger partial charge in [-0.25, -0.2) is 0 Å². The Labute approximate surface area is 50.5 Å². The van der Waals surface area contributed by atoms with Crippen LogP contribution in [-0.2, 0) is 0 Å². The largest absolute Gasteiger partial charge is 0.0940 e. The van der Waals surface area contributed by atoms with Gasteiger partial charge in [-0.15, -0.1) is 0 Å². The van der Waals surface area contributed by atoms with Crippen LogP contribution in [0.5, 0.6) is 0 Å². The van der Waals surface area contributed by atoms with E-state index in [0.717, 1.165) is 11.8 Å². The number of rotatable bonds is 3. The summed E-state index contributed by atoms with van der Waals surface area (Å²) in [6.07, 6.45) is 0.921. The summed E-state index contributed by atoms with van der Waals surface area (Å²) in [5, 5.41) is 4.22. The molecule has 0 aliphatic heterocycles. The minimum atomic E-state index is 0.599. The summed E-state index contributed by atoms with van der Waals surface area (Å²) in [7, 11) is 0. The van der Waals surface area contributed by atoms with Crippen molar-refractivity contribution in [3.8, 4) is 0 Å². The second-order valence-corrected chi connectivity index (χ2v) is 1.79. The molecule has 0 aromatic carbocycles. The molecule has 0 aromatic heterocycles. The zero-order chi connectivity index (χ0) is 5.54. The number of hydrogen-bond acceptors (Lipinski definition) is 1. The van der Waals surface area contributed by atoms with Crippen molar-refractivity contribution in [2.75, 3.05) is 11.9 Å². The lowest BCUT2D eigenvalue weighted by Crippen LogP contribution is -1.76. The molecular weight excluding hydrogens is 158 g/mol. The van der Waals surface area contributed by atoms with Crippen molar-refractivity contribution in [1.29, 1.82) is 0 Å². The molecule has 0 saturated heterocycles. The predicted octanol–water partition coefficient (Wildman–Crippen LogP) is 2.08. The molecule has 40 valence electrons. The van der Waals surface area contributed by atoms with Gasteiger partial charge in [-0.1, -0.05) is 21.0 Å². The van der Waals surface area contributed by atoms with Gasteiger partial charge in [0.15, 0.2) is 0 Å². The van der Waals surface area contributed by atoms with Crippen molar-refractivity contribution in [2.24, 2.45) is 5.11 Å². The van der Waals surface area contributed by atoms with Crippen molar-refractivity contribution < 1.29 is 0 Å². The molecule has 0 rings (SSSR count). The minimum Gasteiger partial charge on any atom is -0.0940 e. The summed E-state index contributed by atoms with van der Waals surface area (Å²) in [6.45, 7) is 0.599. The zero-order valence-corrected chi connectivity index (χ0v) is 5.43. The minimum absolute atomic E-state index is 0.599. The van der Waals surface area contributed by atoms with E-state index in [1.54, 1.807) is 0 Å². The molecule has 4 heteroatoms. The van der Waals surface area contributed by atoms with E-state index in [9.17, 15) is 0 Å². The predicted molar refractivity (Wildman–Crippen MR) is 32.4 cm³/mol. The van der Waals surface area contributed by atoms with Gasteiger partial charge in [0.1, 0.15) is 0 Å². The quantitative estimate of drug-likeness (QED) is 0.201. The van der Waals surface area contributed by atoms with Gasteiger partial charge in [-0.2, -0.15) is 0 Å². The second-order valence-electron chi connectivity index (χ2n) is 0.997. The molecule has 0 spiro atoms. The molecule has 0 aliphatic carbocycles. The highest BCUT2D eigenvalue weighted by molar-refractivity contribution is 9.09. The van der Waals surface area contributed by atoms with Crippen molar-refractivity contribution in [2.45, 2.75) is 6.42 Å². The van der Waals surface area contributed by atoms with E-state index in [1.807, 2.05) is 0 Å². The van der Waals surface area contributed by atoms with Crippen LogP contribution < -0.4 is 0 Å². The molecule has 0 heterocycles. The van der Waals surface area contributed by atoms with E-state index in [-0.39, 0.29) is 0 Å². The van der Waals surface area contributed by atoms with Crippen LogP contribution in [0.25, 0.3) is 10.4 Å². The molecular formula is C3H6BrN3. The Hall–Kier alpha value is -0.210. The second kappa shape index (κ2) is 5.79. The van der Waals surface area contributed by atoms with E-state index in [0.29, 0.717) is 6.54 Å². The van der Waals surface area contributed by atoms with Gasteiger partial charge in [0.05, 0.1) is 0 Å². The van der Waals surface area contributed by atoms with Crippen molar-refractivity contribution >= 4 is 15.9 Å². The van der Waals surface area contributed by atoms with Gasteiger partial charge < -0.3 is 0 Å². The SMILES string of the molecule is [N-]=[N+]=NCCCBr. The fraction of sp³-hybridized carbons (Fsp3) is 1.00. The zero-order valence-electron chi connectivity index (χ0n) is 3.84. The van der Waals surface area contributed by atoms with Crippen molar-refractivity contribution in [3.05, 3.63) is 10.4 Å². The van der Waals surface area contributed by atoms with Gasteiger partial charge in [0.2, 0.25) is 0 Å². The highest BCUT2D eigenvalue weighted by atomic mass is 79.9. The summed E-state index contributed by atoms with van der Waals surface area (Å²) in [4.78, 5) is 2.58. The van der Waals surface area contributed by atoms with Gasteiger partial charge in [0.25, 0.3) is 0 Å². The molecule has 0 aliphatic rings. The monoisotopic (exact) mass is 163 g/mol. The number of alkyl halides is 1. The van der Waals surface area contributed by atoms with E-state index in [4.69, 9.17) is 5.53 Å². The van der Waals surface area contributed by atoms with Crippen LogP contribution in [0.3, 0.4) is 0 Å². The molecule has 0 atom stereocenters. The maximum absolute atomic E-state index is 7.74. The summed E-state index contributed by atoms with van der Waals surface area (Å²) in [6, 6.07) is 0. The molecule has 7 heavy (non-hydrogen) atoms. The smallest absolute Gasteiger partial charge is 0.0265 e. The lowest BCUT2D eigenvalue weighted by molar-refractivity contribution is 0.938. The Kier molecular flexibility index (Phi) is 5.62. The fourth-order valence-corrected chi connectivity index (χ4v) is 0.426. The number of nitrogens with zero attached hydrogens (tertiary/aromatic N) is 3. The standard InChI is InChI=1S/C3H6BrN3/c4-2-1-3-6-7-5/h1-3H2. The average Bonchev–Trinajstić information content (AvgIpc) is 1.69. The molecule has 0 unspecified atom stereocenters. The van der Waals surface area contributed by atoms with Crippen LogP contribution >= 0.6 is 15.9 Å². The van der Waals surface area contributed by atoms with Crippen molar-refractivity contribution in [1.82, 2.24) is 0 Å². The van der Waals surface area contributed by atoms with Gasteiger partial charge in [0, 0.05) is 16.8 Å². The van der Waals surface area contributed by atoms with Gasteiger partial charge in [-0.3, -0.25) is 0 Å². The van der Waals surface area contributed by atoms with Gasteiger partial charge >= 0.3 is 0 Å². The number of hydrogen-bond donors (Lipinski definition) is 0. The third-order valence-corrected chi connectivity index (χ3v) is 1.02. The van der Waals surface area contributed by atoms with Crippen LogP contribution in [0.2, 0.25) is 0 Å². The normalized spacial score (nSPS) is 7.57. The number of azide groups is 1. The van der Waals surface area contributed by atoms with Crippen LogP contribution in [0.1, 0.15) is 6.42 Å². The molecule has 0 amide bonds. The Morgan fingerprint density at radius 2 is 2.43 bits per heavy atom. The van der Waals surface area contributed by atoms with E-state index in [1.165, 1.54) is 0 Å². The topological polar surface area (TPSA) is 48.8 Å². The molecule has 0 fully saturated rings. The molecule has 0 saturated carbocycles. The van der Waals surface area contributed by atoms with Crippen molar-refractivity contribution in [3.63, 3.8) is 0 Å². The summed E-state index contributed by atoms with van der Waals surface area (Å²) < 4.78 is 0. The Balaban J connectivity index is 2.83. The Morgan fingerprint density at radius 1 is 1.71 bits per heavy atom. The summed E-state index contributed by atoms with van der Waals surface area (Å²) in [5.74, 6) is 0. The first-order valence-electron chi connectivity index (χ1n) is 1.98. The fourth-order valence-electron chi connectivity index (χ4n) is 0.175. The average molecular weight is 164 g/mol. The van der Waals surface area contributed by atoms with E-state index >= 15 is 0 Å². The highest BCUT2D eigenvalue weighted by Gasteiger charge is 1.75. The summed E-state index contributed by atoms with van der Waals surface area (Å²) in [5.41, 5.74) is 7.74. The Bertz CT molecular complexity index is 76.2. The molecule has 0 radical (unpaired) electrons. The van der Waals surface area contributed by atoms with Crippen LogP contribution in [0.4, 0.5) is 0 Å². The molecule has 0 aromatic rings. The third kappa shape index (κ3) is 5.79. The first-order chi connectivity index (χ1) is 3.41. The third-order valence-electron chi connectivity index (χ3n) is 0.455. The highest BCUT2D eigenvalue weighted by Crippen LogP contribution is 1.86. The maximum Gasteiger partial charge on any atom is 0.0265 e. The lowest BCUT2D eigenvalue weighted by Gasteiger charge is -1.79. The van der Waals surface area contributed by atoms with E-state index < -0.39 is 0 Å². The van der Waals surface area contributed by atoms with Crippen LogP contribution in [0, 0.1) is 0 Å². The Morgan fingerprint density at radius 3 is 2.86 bits per heavy atom.